The zero-order chi connectivity index (χ0) is 15.0. The van der Waals surface area contributed by atoms with Crippen molar-refractivity contribution in [2.75, 3.05) is 0 Å². The summed E-state index contributed by atoms with van der Waals surface area (Å²) in [5, 5.41) is 0.787. The molecule has 108 valence electrons. The van der Waals surface area contributed by atoms with Crippen molar-refractivity contribution >= 4 is 26.9 Å². The molecule has 2 aromatic carbocycles. The highest BCUT2D eigenvalue weighted by molar-refractivity contribution is 9.10. The van der Waals surface area contributed by atoms with Crippen LogP contribution in [0.1, 0.15) is 22.9 Å². The van der Waals surface area contributed by atoms with Crippen molar-refractivity contribution in [3.63, 3.8) is 0 Å². The summed E-state index contributed by atoms with van der Waals surface area (Å²) in [4.78, 5) is 0. The second-order valence-electron chi connectivity index (χ2n) is 5.17. The molecule has 2 nitrogen and oxygen atoms in total. The van der Waals surface area contributed by atoms with E-state index in [9.17, 15) is 4.39 Å². The quantitative estimate of drug-likeness (QED) is 0.732. The van der Waals surface area contributed by atoms with Crippen molar-refractivity contribution in [2.24, 2.45) is 5.73 Å². The van der Waals surface area contributed by atoms with E-state index < -0.39 is 0 Å². The third-order valence-corrected chi connectivity index (χ3v) is 4.11. The van der Waals surface area contributed by atoms with Crippen LogP contribution in [0.15, 0.2) is 51.4 Å². The Balaban J connectivity index is 1.94. The van der Waals surface area contributed by atoms with Crippen LogP contribution in [-0.4, -0.2) is 0 Å². The molecule has 0 bridgehead atoms. The molecule has 0 aliphatic rings. The molecule has 4 heteroatoms. The van der Waals surface area contributed by atoms with Crippen LogP contribution in [0, 0.1) is 12.7 Å². The van der Waals surface area contributed by atoms with Gasteiger partial charge in [-0.15, -0.1) is 0 Å². The lowest BCUT2D eigenvalue weighted by atomic mass is 10.0. The van der Waals surface area contributed by atoms with E-state index in [1.54, 1.807) is 6.07 Å². The molecule has 0 saturated heterocycles. The first-order chi connectivity index (χ1) is 10.0. The van der Waals surface area contributed by atoms with E-state index in [1.807, 2.05) is 31.2 Å². The second kappa shape index (κ2) is 5.62. The molecule has 1 aromatic heterocycles. The van der Waals surface area contributed by atoms with Crippen molar-refractivity contribution in [3.05, 3.63) is 69.6 Å². The molecular weight excluding hydrogens is 333 g/mol. The Morgan fingerprint density at radius 3 is 2.81 bits per heavy atom. The third-order valence-electron chi connectivity index (χ3n) is 3.62. The maximum Gasteiger partial charge on any atom is 0.134 e. The van der Waals surface area contributed by atoms with Crippen molar-refractivity contribution < 1.29 is 8.81 Å². The average molecular weight is 348 g/mol. The van der Waals surface area contributed by atoms with E-state index >= 15 is 0 Å². The van der Waals surface area contributed by atoms with Gasteiger partial charge >= 0.3 is 0 Å². The van der Waals surface area contributed by atoms with Crippen molar-refractivity contribution in [2.45, 2.75) is 19.4 Å². The highest BCUT2D eigenvalue weighted by Crippen LogP contribution is 2.30. The first kappa shape index (κ1) is 14.3. The number of hydrogen-bond acceptors (Lipinski definition) is 2. The molecule has 2 N–H and O–H groups in total. The van der Waals surface area contributed by atoms with E-state index in [2.05, 4.69) is 15.9 Å². The molecule has 0 aliphatic carbocycles. The van der Waals surface area contributed by atoms with Crippen molar-refractivity contribution in [1.82, 2.24) is 0 Å². The lowest BCUT2D eigenvalue weighted by Crippen LogP contribution is -2.13. The Hall–Kier alpha value is -1.65. The van der Waals surface area contributed by atoms with E-state index in [0.29, 0.717) is 12.0 Å². The van der Waals surface area contributed by atoms with Gasteiger partial charge in [-0.2, -0.15) is 0 Å². The minimum atomic E-state index is -0.265. The molecule has 0 spiro atoms. The van der Waals surface area contributed by atoms with Crippen LogP contribution in [-0.2, 0) is 6.42 Å². The van der Waals surface area contributed by atoms with Gasteiger partial charge in [0.15, 0.2) is 0 Å². The summed E-state index contributed by atoms with van der Waals surface area (Å²) in [7, 11) is 0. The second-order valence-corrected chi connectivity index (χ2v) is 6.09. The Labute approximate surface area is 130 Å². The zero-order valence-electron chi connectivity index (χ0n) is 11.6. The number of rotatable bonds is 3. The summed E-state index contributed by atoms with van der Waals surface area (Å²) in [5.74, 6) is 0.453. The van der Waals surface area contributed by atoms with Crippen LogP contribution in [0.3, 0.4) is 0 Å². The predicted octanol–water partition coefficient (Wildman–Crippen LogP) is 4.89. The van der Waals surface area contributed by atoms with Gasteiger partial charge in [-0.25, -0.2) is 4.39 Å². The highest BCUT2D eigenvalue weighted by Gasteiger charge is 2.18. The summed E-state index contributed by atoms with van der Waals surface area (Å²) < 4.78 is 20.2. The lowest BCUT2D eigenvalue weighted by Gasteiger charge is -2.10. The monoisotopic (exact) mass is 347 g/mol. The maximum atomic E-state index is 13.3. The van der Waals surface area contributed by atoms with Crippen molar-refractivity contribution in [3.8, 4) is 0 Å². The number of benzene rings is 2. The van der Waals surface area contributed by atoms with Gasteiger partial charge in [0.25, 0.3) is 0 Å². The molecule has 1 heterocycles. The lowest BCUT2D eigenvalue weighted by molar-refractivity contribution is 0.490. The van der Waals surface area contributed by atoms with Gasteiger partial charge in [-0.05, 0) is 49.2 Å². The molecule has 21 heavy (non-hydrogen) atoms. The first-order valence-corrected chi connectivity index (χ1v) is 7.52. The molecule has 0 amide bonds. The summed E-state index contributed by atoms with van der Waals surface area (Å²) >= 11 is 3.45. The standard InChI is InChI=1S/C17H15BrFNO/c1-10-14-9-13(19)5-6-16(14)21-17(10)15(20)8-11-3-2-4-12(18)7-11/h2-7,9,15H,8,20H2,1H3. The molecule has 1 unspecified atom stereocenters. The van der Waals surface area contributed by atoms with Crippen LogP contribution in [0.5, 0.6) is 0 Å². The van der Waals surface area contributed by atoms with Crippen LogP contribution in [0.2, 0.25) is 0 Å². The molecule has 3 aromatic rings. The minimum Gasteiger partial charge on any atom is -0.459 e. The number of fused-ring (bicyclic) bond motifs is 1. The van der Waals surface area contributed by atoms with Crippen LogP contribution >= 0.6 is 15.9 Å². The van der Waals surface area contributed by atoms with E-state index in [4.69, 9.17) is 10.2 Å². The van der Waals surface area contributed by atoms with Gasteiger partial charge in [-0.3, -0.25) is 0 Å². The summed E-state index contributed by atoms with van der Waals surface area (Å²) in [6.45, 7) is 1.92. The fraction of sp³-hybridized carbons (Fsp3) is 0.176. The Kier molecular flexibility index (Phi) is 3.83. The molecule has 0 fully saturated rings. The third kappa shape index (κ3) is 2.87. The molecule has 0 radical (unpaired) electrons. The van der Waals surface area contributed by atoms with Crippen LogP contribution in [0.4, 0.5) is 4.39 Å². The van der Waals surface area contributed by atoms with Gasteiger partial charge in [-0.1, -0.05) is 28.1 Å². The molecule has 1 atom stereocenters. The topological polar surface area (TPSA) is 39.2 Å². The van der Waals surface area contributed by atoms with Gasteiger partial charge < -0.3 is 10.2 Å². The van der Waals surface area contributed by atoms with Crippen molar-refractivity contribution in [1.29, 1.82) is 0 Å². The molecule has 0 aliphatic heterocycles. The fourth-order valence-electron chi connectivity index (χ4n) is 2.58. The Bertz CT molecular complexity index is 797. The summed E-state index contributed by atoms with van der Waals surface area (Å²) in [6, 6.07) is 12.3. The first-order valence-electron chi connectivity index (χ1n) is 6.73. The highest BCUT2D eigenvalue weighted by atomic mass is 79.9. The largest absolute Gasteiger partial charge is 0.459 e. The average Bonchev–Trinajstić information content (AvgIpc) is 2.76. The van der Waals surface area contributed by atoms with Gasteiger partial charge in [0.1, 0.15) is 17.2 Å². The normalized spacial score (nSPS) is 12.8. The van der Waals surface area contributed by atoms with E-state index in [-0.39, 0.29) is 11.9 Å². The SMILES string of the molecule is Cc1c(C(N)Cc2cccc(Br)c2)oc2ccc(F)cc12. The number of halogens is 2. The van der Waals surface area contributed by atoms with Gasteiger partial charge in [0.05, 0.1) is 6.04 Å². The maximum absolute atomic E-state index is 13.3. The minimum absolute atomic E-state index is 0.255. The number of hydrogen-bond donors (Lipinski definition) is 1. The number of furan rings is 1. The van der Waals surface area contributed by atoms with Gasteiger partial charge in [0, 0.05) is 15.4 Å². The smallest absolute Gasteiger partial charge is 0.134 e. The summed E-state index contributed by atoms with van der Waals surface area (Å²) in [5.41, 5.74) is 8.99. The molecular formula is C17H15BrFNO. The molecule has 3 rings (SSSR count). The summed E-state index contributed by atoms with van der Waals surface area (Å²) in [6.07, 6.45) is 0.669. The number of aryl methyl sites for hydroxylation is 1. The Morgan fingerprint density at radius 2 is 2.05 bits per heavy atom. The zero-order valence-corrected chi connectivity index (χ0v) is 13.2. The van der Waals surface area contributed by atoms with Crippen LogP contribution in [0.25, 0.3) is 11.0 Å². The number of nitrogens with two attached hydrogens (primary N) is 1. The predicted molar refractivity (Wildman–Crippen MR) is 85.7 cm³/mol. The van der Waals surface area contributed by atoms with E-state index in [1.165, 1.54) is 12.1 Å². The van der Waals surface area contributed by atoms with E-state index in [0.717, 1.165) is 26.7 Å². The van der Waals surface area contributed by atoms with Gasteiger partial charge in [0.2, 0.25) is 0 Å². The fourth-order valence-corrected chi connectivity index (χ4v) is 3.02. The van der Waals surface area contributed by atoms with Crippen LogP contribution < -0.4 is 5.73 Å². The molecule has 0 saturated carbocycles. The Morgan fingerprint density at radius 1 is 1.24 bits per heavy atom.